The summed E-state index contributed by atoms with van der Waals surface area (Å²) < 4.78 is 23.4. The van der Waals surface area contributed by atoms with Crippen LogP contribution in [0.3, 0.4) is 0 Å². The molecule has 0 heterocycles. The second-order valence-electron chi connectivity index (χ2n) is 4.56. The summed E-state index contributed by atoms with van der Waals surface area (Å²) in [7, 11) is -3.19. The van der Waals surface area contributed by atoms with Gasteiger partial charge >= 0.3 is 5.97 Å². The predicted octanol–water partition coefficient (Wildman–Crippen LogP) is 2.84. The maximum atomic E-state index is 11.7. The van der Waals surface area contributed by atoms with Crippen molar-refractivity contribution in [3.05, 3.63) is 29.8 Å². The molecule has 0 aliphatic carbocycles. The zero-order valence-electron chi connectivity index (χ0n) is 11.3. The van der Waals surface area contributed by atoms with Crippen molar-refractivity contribution in [1.29, 1.82) is 0 Å². The molecular formula is C14H20O4S. The smallest absolute Gasteiger partial charge is 0.303 e. The van der Waals surface area contributed by atoms with E-state index in [2.05, 4.69) is 0 Å². The normalized spacial score (nSPS) is 13.2. The van der Waals surface area contributed by atoms with Gasteiger partial charge in [-0.3, -0.25) is 4.79 Å². The van der Waals surface area contributed by atoms with Crippen molar-refractivity contribution >= 4 is 15.8 Å². The van der Waals surface area contributed by atoms with Crippen LogP contribution in [0.5, 0.6) is 0 Å². The highest BCUT2D eigenvalue weighted by atomic mass is 32.2. The van der Waals surface area contributed by atoms with Gasteiger partial charge in [-0.05, 0) is 30.0 Å². The molecule has 0 aliphatic heterocycles. The number of sulfone groups is 1. The first-order valence-electron chi connectivity index (χ1n) is 6.45. The van der Waals surface area contributed by atoms with Gasteiger partial charge in [-0.1, -0.05) is 32.4 Å². The molecule has 0 radical (unpaired) electrons. The average molecular weight is 284 g/mol. The lowest BCUT2D eigenvalue weighted by Gasteiger charge is -2.14. The Balaban J connectivity index is 2.98. The molecule has 1 aromatic rings. The molecule has 0 amide bonds. The number of rotatable bonds is 7. The van der Waals surface area contributed by atoms with Gasteiger partial charge in [-0.2, -0.15) is 0 Å². The van der Waals surface area contributed by atoms with Gasteiger partial charge in [0.25, 0.3) is 0 Å². The number of carboxylic acids is 1. The minimum absolute atomic E-state index is 0.0547. The van der Waals surface area contributed by atoms with Gasteiger partial charge < -0.3 is 5.11 Å². The summed E-state index contributed by atoms with van der Waals surface area (Å²) in [5.74, 6) is -0.815. The molecule has 1 aromatic carbocycles. The van der Waals surface area contributed by atoms with E-state index in [4.69, 9.17) is 5.11 Å². The molecule has 1 unspecified atom stereocenters. The Hall–Kier alpha value is -1.36. The summed E-state index contributed by atoms with van der Waals surface area (Å²) in [6, 6.07) is 6.59. The molecule has 0 saturated carbocycles. The van der Waals surface area contributed by atoms with Crippen molar-refractivity contribution in [1.82, 2.24) is 0 Å². The van der Waals surface area contributed by atoms with Crippen LogP contribution in [0.1, 0.15) is 44.6 Å². The highest BCUT2D eigenvalue weighted by Gasteiger charge is 2.16. The van der Waals surface area contributed by atoms with Crippen molar-refractivity contribution in [2.24, 2.45) is 0 Å². The van der Waals surface area contributed by atoms with Crippen molar-refractivity contribution in [2.75, 3.05) is 5.75 Å². The molecule has 1 atom stereocenters. The van der Waals surface area contributed by atoms with Crippen LogP contribution in [0, 0.1) is 0 Å². The van der Waals surface area contributed by atoms with E-state index in [1.807, 2.05) is 6.92 Å². The molecule has 19 heavy (non-hydrogen) atoms. The van der Waals surface area contributed by atoms with E-state index in [0.29, 0.717) is 4.90 Å². The molecule has 4 nitrogen and oxygen atoms in total. The first-order valence-corrected chi connectivity index (χ1v) is 8.10. The topological polar surface area (TPSA) is 71.4 Å². The largest absolute Gasteiger partial charge is 0.481 e. The van der Waals surface area contributed by atoms with Crippen LogP contribution in [0.25, 0.3) is 0 Å². The number of carbonyl (C=O) groups is 1. The van der Waals surface area contributed by atoms with Crippen molar-refractivity contribution in [2.45, 2.75) is 43.9 Å². The highest BCUT2D eigenvalue weighted by molar-refractivity contribution is 7.91. The third kappa shape index (κ3) is 4.35. The molecule has 0 bridgehead atoms. The quantitative estimate of drug-likeness (QED) is 0.835. The Bertz CT molecular complexity index is 517. The zero-order chi connectivity index (χ0) is 14.5. The van der Waals surface area contributed by atoms with Gasteiger partial charge in [0.05, 0.1) is 17.1 Å². The monoisotopic (exact) mass is 284 g/mol. The van der Waals surface area contributed by atoms with Gasteiger partial charge in [0.2, 0.25) is 0 Å². The molecule has 1 N–H and O–H groups in total. The first-order chi connectivity index (χ1) is 8.90. The summed E-state index contributed by atoms with van der Waals surface area (Å²) >= 11 is 0. The van der Waals surface area contributed by atoms with Crippen LogP contribution in [0.4, 0.5) is 0 Å². The molecule has 1 rings (SSSR count). The fourth-order valence-electron chi connectivity index (χ4n) is 2.06. The predicted molar refractivity (Wildman–Crippen MR) is 74.1 cm³/mol. The molecule has 5 heteroatoms. The lowest BCUT2D eigenvalue weighted by molar-refractivity contribution is -0.137. The molecule has 0 aromatic heterocycles. The number of benzene rings is 1. The molecule has 0 fully saturated rings. The van der Waals surface area contributed by atoms with E-state index >= 15 is 0 Å². The van der Waals surface area contributed by atoms with E-state index in [9.17, 15) is 13.2 Å². The van der Waals surface area contributed by atoms with Gasteiger partial charge in [0.1, 0.15) is 0 Å². The third-order valence-electron chi connectivity index (χ3n) is 3.15. The number of hydrogen-bond acceptors (Lipinski definition) is 3. The highest BCUT2D eigenvalue weighted by Crippen LogP contribution is 2.26. The maximum Gasteiger partial charge on any atom is 0.303 e. The maximum absolute atomic E-state index is 11.7. The van der Waals surface area contributed by atoms with E-state index in [1.54, 1.807) is 31.2 Å². The Morgan fingerprint density at radius 3 is 2.21 bits per heavy atom. The van der Waals surface area contributed by atoms with Crippen LogP contribution in [-0.2, 0) is 14.6 Å². The summed E-state index contributed by atoms with van der Waals surface area (Å²) in [6.07, 6.45) is 1.76. The van der Waals surface area contributed by atoms with Crippen molar-refractivity contribution in [3.8, 4) is 0 Å². The van der Waals surface area contributed by atoms with E-state index < -0.39 is 15.8 Å². The van der Waals surface area contributed by atoms with Crippen LogP contribution < -0.4 is 0 Å². The fraction of sp³-hybridized carbons (Fsp3) is 0.500. The Morgan fingerprint density at radius 1 is 1.21 bits per heavy atom. The fourth-order valence-corrected chi connectivity index (χ4v) is 2.94. The average Bonchev–Trinajstić information content (AvgIpc) is 2.38. The van der Waals surface area contributed by atoms with E-state index in [-0.39, 0.29) is 18.1 Å². The second-order valence-corrected chi connectivity index (χ2v) is 6.83. The lowest BCUT2D eigenvalue weighted by Crippen LogP contribution is -2.07. The SMILES string of the molecule is CCCC(CC(=O)O)c1ccc(S(=O)(=O)CC)cc1. The second kappa shape index (κ2) is 6.70. The standard InChI is InChI=1S/C14H20O4S/c1-3-5-12(10-14(15)16)11-6-8-13(9-7-11)19(17,18)4-2/h6-9,12H,3-5,10H2,1-2H3,(H,15,16). The van der Waals surface area contributed by atoms with E-state index in [0.717, 1.165) is 18.4 Å². The Labute approximate surface area is 114 Å². The van der Waals surface area contributed by atoms with Gasteiger partial charge in [0.15, 0.2) is 9.84 Å². The van der Waals surface area contributed by atoms with Crippen LogP contribution in [0.15, 0.2) is 29.2 Å². The summed E-state index contributed by atoms with van der Waals surface area (Å²) in [5.41, 5.74) is 0.888. The van der Waals surface area contributed by atoms with Gasteiger partial charge in [-0.25, -0.2) is 8.42 Å². The molecule has 0 aliphatic rings. The van der Waals surface area contributed by atoms with Crippen LogP contribution >= 0.6 is 0 Å². The molecule has 106 valence electrons. The minimum Gasteiger partial charge on any atom is -0.481 e. The number of hydrogen-bond donors (Lipinski definition) is 1. The van der Waals surface area contributed by atoms with Gasteiger partial charge in [0, 0.05) is 0 Å². The van der Waals surface area contributed by atoms with Crippen molar-refractivity contribution < 1.29 is 18.3 Å². The number of aliphatic carboxylic acids is 1. The van der Waals surface area contributed by atoms with Crippen LogP contribution in [0.2, 0.25) is 0 Å². The summed E-state index contributed by atoms with van der Waals surface area (Å²) in [4.78, 5) is 11.1. The van der Waals surface area contributed by atoms with Crippen LogP contribution in [-0.4, -0.2) is 25.2 Å². The zero-order valence-corrected chi connectivity index (χ0v) is 12.1. The van der Waals surface area contributed by atoms with E-state index in [1.165, 1.54) is 0 Å². The summed E-state index contributed by atoms with van der Waals surface area (Å²) in [5, 5.41) is 8.90. The number of carboxylic acid groups (broad SMARTS) is 1. The first kappa shape index (κ1) is 15.7. The molecular weight excluding hydrogens is 264 g/mol. The third-order valence-corrected chi connectivity index (χ3v) is 4.90. The minimum atomic E-state index is -3.19. The molecule has 0 saturated heterocycles. The molecule has 0 spiro atoms. The Morgan fingerprint density at radius 2 is 1.79 bits per heavy atom. The van der Waals surface area contributed by atoms with Crippen molar-refractivity contribution in [3.63, 3.8) is 0 Å². The Kier molecular flexibility index (Phi) is 5.54. The lowest BCUT2D eigenvalue weighted by atomic mass is 9.91. The summed E-state index contributed by atoms with van der Waals surface area (Å²) in [6.45, 7) is 3.61. The van der Waals surface area contributed by atoms with Gasteiger partial charge in [-0.15, -0.1) is 0 Å².